The van der Waals surface area contributed by atoms with Crippen LogP contribution in [0.3, 0.4) is 0 Å². The molecule has 3 heterocycles. The molecular formula is C70H41N3O2. The standard InChI is InChI=1S/C70H41N3O2/c1-2-14-42(15-3-1)43-32-34-46(35-33-43)67-71-68(53-20-12-26-63-65(53)52-19-7-11-25-61(52)74-63)73-69(72-67)54-21-13-27-64-66(54)56-41-48(37-39-62(56)75-64)45-30-28-44(29-31-45)47-36-38-60-55(40-47)51-18-6-10-24-59(51)70(60)57-22-8-4-16-49(57)50-17-5-9-23-58(50)70/h1-41H. The van der Waals surface area contributed by atoms with Gasteiger partial charge in [0.05, 0.1) is 5.41 Å². The van der Waals surface area contributed by atoms with Crippen LogP contribution in [0.1, 0.15) is 22.3 Å². The van der Waals surface area contributed by atoms with Gasteiger partial charge in [0, 0.05) is 38.2 Å². The third kappa shape index (κ3) is 6.16. The van der Waals surface area contributed by atoms with Gasteiger partial charge in [0.25, 0.3) is 0 Å². The average Bonchev–Trinajstić information content (AvgIpc) is 4.41. The number of hydrogen-bond donors (Lipinski definition) is 0. The molecule has 0 saturated heterocycles. The molecule has 3 aromatic heterocycles. The molecule has 5 nitrogen and oxygen atoms in total. The third-order valence-corrected chi connectivity index (χ3v) is 15.8. The molecule has 0 radical (unpaired) electrons. The second kappa shape index (κ2) is 16.0. The van der Waals surface area contributed by atoms with Crippen LogP contribution in [0, 0.1) is 0 Å². The van der Waals surface area contributed by atoms with Crippen molar-refractivity contribution in [3.8, 4) is 89.8 Å². The molecule has 0 atom stereocenters. The number of hydrogen-bond acceptors (Lipinski definition) is 5. The van der Waals surface area contributed by atoms with E-state index in [0.717, 1.165) is 82.8 Å². The topological polar surface area (TPSA) is 65.0 Å². The predicted octanol–water partition coefficient (Wildman–Crippen LogP) is 18.0. The zero-order valence-electron chi connectivity index (χ0n) is 40.3. The first-order valence-electron chi connectivity index (χ1n) is 25.5. The normalized spacial score (nSPS) is 12.9. The molecular weight excluding hydrogens is 915 g/mol. The van der Waals surface area contributed by atoms with E-state index in [0.29, 0.717) is 17.5 Å². The fourth-order valence-corrected chi connectivity index (χ4v) is 12.5. The summed E-state index contributed by atoms with van der Waals surface area (Å²) in [5.74, 6) is 1.69. The molecule has 0 amide bonds. The van der Waals surface area contributed by atoms with Gasteiger partial charge in [0.15, 0.2) is 17.5 Å². The van der Waals surface area contributed by atoms with E-state index in [9.17, 15) is 0 Å². The number of rotatable bonds is 6. The Kier molecular flexibility index (Phi) is 8.89. The van der Waals surface area contributed by atoms with Crippen molar-refractivity contribution in [1.82, 2.24) is 15.0 Å². The monoisotopic (exact) mass is 955 g/mol. The molecule has 0 saturated carbocycles. The van der Waals surface area contributed by atoms with E-state index in [1.165, 1.54) is 55.6 Å². The number of furan rings is 2. The maximum atomic E-state index is 6.61. The summed E-state index contributed by atoms with van der Waals surface area (Å²) in [6.45, 7) is 0. The lowest BCUT2D eigenvalue weighted by atomic mass is 9.70. The number of fused-ring (bicyclic) bond motifs is 16. The van der Waals surface area contributed by atoms with Crippen LogP contribution in [-0.2, 0) is 5.41 Å². The fraction of sp³-hybridized carbons (Fsp3) is 0.0143. The number of para-hydroxylation sites is 1. The van der Waals surface area contributed by atoms with Crippen molar-refractivity contribution in [1.29, 1.82) is 0 Å². The van der Waals surface area contributed by atoms with E-state index >= 15 is 0 Å². The summed E-state index contributed by atoms with van der Waals surface area (Å²) in [4.78, 5) is 15.8. The summed E-state index contributed by atoms with van der Waals surface area (Å²) in [5.41, 5.74) is 22.8. The molecule has 11 aromatic carbocycles. The average molecular weight is 956 g/mol. The van der Waals surface area contributed by atoms with Crippen molar-refractivity contribution in [2.24, 2.45) is 0 Å². The van der Waals surface area contributed by atoms with Crippen molar-refractivity contribution < 1.29 is 8.83 Å². The first kappa shape index (κ1) is 41.6. The van der Waals surface area contributed by atoms with Gasteiger partial charge < -0.3 is 8.83 Å². The number of benzene rings is 11. The summed E-state index contributed by atoms with van der Waals surface area (Å²) in [7, 11) is 0. The van der Waals surface area contributed by atoms with Gasteiger partial charge in [-0.3, -0.25) is 0 Å². The van der Waals surface area contributed by atoms with Crippen molar-refractivity contribution in [2.45, 2.75) is 5.41 Å². The van der Waals surface area contributed by atoms with Crippen LogP contribution in [0.4, 0.5) is 0 Å². The Morgan fingerprint density at radius 3 is 1.27 bits per heavy atom. The molecule has 5 heteroatoms. The lowest BCUT2D eigenvalue weighted by molar-refractivity contribution is 0.668. The summed E-state index contributed by atoms with van der Waals surface area (Å²) < 4.78 is 13.0. The smallest absolute Gasteiger partial charge is 0.164 e. The van der Waals surface area contributed by atoms with Gasteiger partial charge in [0.1, 0.15) is 22.3 Å². The molecule has 75 heavy (non-hydrogen) atoms. The molecule has 2 aliphatic rings. The van der Waals surface area contributed by atoms with E-state index in [1.54, 1.807) is 0 Å². The van der Waals surface area contributed by atoms with E-state index in [4.69, 9.17) is 23.8 Å². The van der Waals surface area contributed by atoms with Crippen molar-refractivity contribution >= 4 is 43.9 Å². The van der Waals surface area contributed by atoms with E-state index < -0.39 is 0 Å². The molecule has 0 fully saturated rings. The van der Waals surface area contributed by atoms with Crippen LogP contribution >= 0.6 is 0 Å². The Morgan fingerprint density at radius 2 is 0.640 bits per heavy atom. The highest BCUT2D eigenvalue weighted by molar-refractivity contribution is 6.14. The minimum atomic E-state index is -0.356. The predicted molar refractivity (Wildman–Crippen MR) is 303 cm³/mol. The van der Waals surface area contributed by atoms with Crippen molar-refractivity contribution in [2.75, 3.05) is 0 Å². The highest BCUT2D eigenvalue weighted by Gasteiger charge is 2.51. The second-order valence-corrected chi connectivity index (χ2v) is 19.7. The van der Waals surface area contributed by atoms with Crippen LogP contribution in [0.15, 0.2) is 258 Å². The molecule has 0 unspecified atom stereocenters. The SMILES string of the molecule is c1ccc(-c2ccc(-c3nc(-c4cccc5oc6ccccc6c45)nc(-c4cccc5oc6ccc(-c7ccc(-c8ccc9c(c8)-c8ccccc8C98c9ccccc9-c9ccccc98)cc7)cc6c45)n3)cc2)cc1. The van der Waals surface area contributed by atoms with Gasteiger partial charge in [-0.15, -0.1) is 0 Å². The Hall–Kier alpha value is -9.97. The van der Waals surface area contributed by atoms with Crippen molar-refractivity contribution in [3.63, 3.8) is 0 Å². The van der Waals surface area contributed by atoms with Crippen LogP contribution in [0.25, 0.3) is 134 Å². The van der Waals surface area contributed by atoms with Gasteiger partial charge in [-0.1, -0.05) is 212 Å². The van der Waals surface area contributed by atoms with Gasteiger partial charge in [-0.25, -0.2) is 15.0 Å². The summed E-state index contributed by atoms with van der Waals surface area (Å²) in [6.07, 6.45) is 0. The Labute approximate surface area is 431 Å². The van der Waals surface area contributed by atoms with Crippen LogP contribution < -0.4 is 0 Å². The van der Waals surface area contributed by atoms with Gasteiger partial charge in [-0.05, 0) is 114 Å². The van der Waals surface area contributed by atoms with Gasteiger partial charge in [-0.2, -0.15) is 0 Å². The molecule has 2 aliphatic carbocycles. The van der Waals surface area contributed by atoms with E-state index in [2.05, 4.69) is 200 Å². The fourth-order valence-electron chi connectivity index (χ4n) is 12.5. The largest absolute Gasteiger partial charge is 0.456 e. The molecule has 0 bridgehead atoms. The Morgan fingerprint density at radius 1 is 0.240 bits per heavy atom. The first-order chi connectivity index (χ1) is 37.2. The Balaban J connectivity index is 0.800. The highest BCUT2D eigenvalue weighted by atomic mass is 16.3. The lowest BCUT2D eigenvalue weighted by Crippen LogP contribution is -2.25. The molecule has 14 aromatic rings. The van der Waals surface area contributed by atoms with Gasteiger partial charge >= 0.3 is 0 Å². The van der Waals surface area contributed by atoms with E-state index in [1.807, 2.05) is 48.5 Å². The summed E-state index contributed by atoms with van der Waals surface area (Å²) in [6, 6.07) is 88.7. The maximum absolute atomic E-state index is 6.61. The van der Waals surface area contributed by atoms with Gasteiger partial charge in [0.2, 0.25) is 0 Å². The number of nitrogens with zero attached hydrogens (tertiary/aromatic N) is 3. The van der Waals surface area contributed by atoms with E-state index in [-0.39, 0.29) is 5.41 Å². The molecule has 348 valence electrons. The summed E-state index contributed by atoms with van der Waals surface area (Å²) in [5, 5.41) is 3.91. The first-order valence-corrected chi connectivity index (χ1v) is 25.5. The highest BCUT2D eigenvalue weighted by Crippen LogP contribution is 2.63. The minimum absolute atomic E-state index is 0.356. The van der Waals surface area contributed by atoms with Crippen molar-refractivity contribution in [3.05, 3.63) is 271 Å². The molecule has 16 rings (SSSR count). The number of aromatic nitrogens is 3. The zero-order chi connectivity index (χ0) is 49.2. The molecule has 0 N–H and O–H groups in total. The quantitative estimate of drug-likeness (QED) is 0.166. The third-order valence-electron chi connectivity index (χ3n) is 15.8. The lowest BCUT2D eigenvalue weighted by Gasteiger charge is -2.30. The zero-order valence-corrected chi connectivity index (χ0v) is 40.3. The second-order valence-electron chi connectivity index (χ2n) is 19.7. The molecule has 0 aliphatic heterocycles. The van der Waals surface area contributed by atoms with Crippen LogP contribution in [0.2, 0.25) is 0 Å². The molecule has 1 spiro atoms. The minimum Gasteiger partial charge on any atom is -0.456 e. The van der Waals surface area contributed by atoms with Crippen LogP contribution in [0.5, 0.6) is 0 Å². The van der Waals surface area contributed by atoms with Crippen LogP contribution in [-0.4, -0.2) is 15.0 Å². The summed E-state index contributed by atoms with van der Waals surface area (Å²) >= 11 is 0. The Bertz CT molecular complexity index is 4600. The maximum Gasteiger partial charge on any atom is 0.164 e.